The highest BCUT2D eigenvalue weighted by atomic mass is 16.7. The van der Waals surface area contributed by atoms with Gasteiger partial charge in [0.25, 0.3) is 0 Å². The normalized spacial score (nSPS) is 19.4. The molecule has 2 aliphatic rings. The van der Waals surface area contributed by atoms with Crippen molar-refractivity contribution in [2.45, 2.75) is 62.2 Å². The van der Waals surface area contributed by atoms with Gasteiger partial charge in [-0.25, -0.2) is 14.8 Å². The molecule has 44 heavy (non-hydrogen) atoms. The number of hydrogen-bond donors (Lipinski definition) is 6. The van der Waals surface area contributed by atoms with E-state index in [-0.39, 0.29) is 41.9 Å². The molecule has 0 radical (unpaired) electrons. The Balaban J connectivity index is 1.17. The predicted octanol–water partition coefficient (Wildman–Crippen LogP) is 0.708. The molecule has 0 spiro atoms. The Kier molecular flexibility index (Phi) is 7.62. The molecule has 0 aliphatic heterocycles. The summed E-state index contributed by atoms with van der Waals surface area (Å²) in [6, 6.07) is -0.439. The zero-order valence-corrected chi connectivity index (χ0v) is 23.6. The van der Waals surface area contributed by atoms with E-state index in [1.165, 1.54) is 11.1 Å². The number of aromatic hydroxyl groups is 1. The van der Waals surface area contributed by atoms with E-state index in [4.69, 9.17) is 9.47 Å². The first-order valence-electron chi connectivity index (χ1n) is 13.9. The smallest absolute Gasteiger partial charge is 0.415 e. The standard InChI is InChI=1S/C27H31N9O8/c1-35-13-15(8-32-35)19-10-29-21(12-28-19)36(25(38)43-14-26(39)6-7-26)16-2-4-17(5-3-16)44-24-30-9-18(27(40,41)42)22(33-24)23-20(37)11-31-34-23/h8-13,16-17,37,39-42H,2-7,14H2,1H3,(H,31,34). The van der Waals surface area contributed by atoms with Crippen LogP contribution >= 0.6 is 0 Å². The zero-order valence-electron chi connectivity index (χ0n) is 23.6. The molecule has 17 heteroatoms. The molecule has 2 saturated carbocycles. The van der Waals surface area contributed by atoms with Crippen LogP contribution in [0.2, 0.25) is 0 Å². The van der Waals surface area contributed by atoms with E-state index >= 15 is 0 Å². The Morgan fingerprint density at radius 3 is 2.45 bits per heavy atom. The van der Waals surface area contributed by atoms with Crippen LogP contribution in [-0.4, -0.2) is 95.9 Å². The lowest BCUT2D eigenvalue weighted by atomic mass is 9.92. The van der Waals surface area contributed by atoms with Gasteiger partial charge < -0.3 is 35.0 Å². The van der Waals surface area contributed by atoms with Crippen molar-refractivity contribution < 1.29 is 39.8 Å². The van der Waals surface area contributed by atoms with Crippen LogP contribution in [0.1, 0.15) is 44.1 Å². The van der Waals surface area contributed by atoms with Crippen molar-refractivity contribution in [3.63, 3.8) is 0 Å². The van der Waals surface area contributed by atoms with Crippen LogP contribution in [0.3, 0.4) is 0 Å². The summed E-state index contributed by atoms with van der Waals surface area (Å²) in [4.78, 5) is 31.9. The Morgan fingerprint density at radius 1 is 1.09 bits per heavy atom. The molecule has 232 valence electrons. The van der Waals surface area contributed by atoms with E-state index in [1.54, 1.807) is 30.3 Å². The summed E-state index contributed by atoms with van der Waals surface area (Å²) in [6.45, 7) is -0.111. The first-order chi connectivity index (χ1) is 21.0. The molecule has 0 bridgehead atoms. The third kappa shape index (κ3) is 6.30. The summed E-state index contributed by atoms with van der Waals surface area (Å²) >= 11 is 0. The number of amides is 1. The Morgan fingerprint density at radius 2 is 1.86 bits per heavy atom. The molecular formula is C27H31N9O8. The minimum atomic E-state index is -3.28. The molecule has 1 amide bonds. The molecule has 0 saturated heterocycles. The van der Waals surface area contributed by atoms with Gasteiger partial charge in [-0.05, 0) is 38.5 Å². The molecule has 6 rings (SSSR count). The van der Waals surface area contributed by atoms with Crippen molar-refractivity contribution in [3.05, 3.63) is 42.7 Å². The van der Waals surface area contributed by atoms with Crippen LogP contribution in [0.15, 0.2) is 37.2 Å². The lowest BCUT2D eigenvalue weighted by Gasteiger charge is -2.35. The van der Waals surface area contributed by atoms with E-state index in [0.717, 1.165) is 18.0 Å². The van der Waals surface area contributed by atoms with Crippen LogP contribution in [-0.2, 0) is 17.8 Å². The molecule has 2 fully saturated rings. The third-order valence-corrected chi connectivity index (χ3v) is 7.64. The maximum Gasteiger partial charge on any atom is 0.415 e. The van der Waals surface area contributed by atoms with E-state index in [9.17, 15) is 30.3 Å². The molecule has 4 aromatic heterocycles. The summed E-state index contributed by atoms with van der Waals surface area (Å²) in [5.41, 5.74) is -0.392. The van der Waals surface area contributed by atoms with Gasteiger partial charge in [-0.2, -0.15) is 15.2 Å². The van der Waals surface area contributed by atoms with Gasteiger partial charge in [0.1, 0.15) is 24.1 Å². The second-order valence-electron chi connectivity index (χ2n) is 11.0. The van der Waals surface area contributed by atoms with E-state index in [0.29, 0.717) is 50.0 Å². The maximum absolute atomic E-state index is 13.3. The van der Waals surface area contributed by atoms with Gasteiger partial charge in [0.05, 0.1) is 41.6 Å². The lowest BCUT2D eigenvalue weighted by molar-refractivity contribution is -0.323. The first-order valence-corrected chi connectivity index (χ1v) is 13.9. The van der Waals surface area contributed by atoms with Gasteiger partial charge >= 0.3 is 18.1 Å². The predicted molar refractivity (Wildman–Crippen MR) is 149 cm³/mol. The van der Waals surface area contributed by atoms with Crippen molar-refractivity contribution in [2.24, 2.45) is 7.05 Å². The SMILES string of the molecule is Cn1cc(-c2cnc(N(C(=O)OCC3(O)CC3)C3CCC(Oc4ncc(C(O)(O)O)c(-c5[nH]ncc5O)n4)CC3)cn2)cn1. The maximum atomic E-state index is 13.3. The Labute approximate surface area is 249 Å². The van der Waals surface area contributed by atoms with E-state index < -0.39 is 23.2 Å². The lowest BCUT2D eigenvalue weighted by Crippen LogP contribution is -2.45. The minimum absolute atomic E-state index is 0.0712. The zero-order chi connectivity index (χ0) is 31.1. The van der Waals surface area contributed by atoms with Gasteiger partial charge in [0, 0.05) is 31.0 Å². The topological polar surface area (TPSA) is 238 Å². The number of ether oxygens (including phenoxy) is 2. The van der Waals surface area contributed by atoms with Crippen molar-refractivity contribution in [3.8, 4) is 34.4 Å². The highest BCUT2D eigenvalue weighted by molar-refractivity contribution is 5.87. The van der Waals surface area contributed by atoms with Gasteiger partial charge in [0.2, 0.25) is 0 Å². The second-order valence-corrected chi connectivity index (χ2v) is 11.0. The largest absolute Gasteiger partial charge is 0.504 e. The Bertz CT molecular complexity index is 1620. The summed E-state index contributed by atoms with van der Waals surface area (Å²) in [7, 11) is 1.80. The third-order valence-electron chi connectivity index (χ3n) is 7.64. The molecule has 0 unspecified atom stereocenters. The van der Waals surface area contributed by atoms with Gasteiger partial charge in [-0.15, -0.1) is 0 Å². The number of aliphatic hydroxyl groups is 4. The number of aromatic amines is 1. The number of rotatable bonds is 9. The number of nitrogens with zero attached hydrogens (tertiary/aromatic N) is 8. The molecule has 17 nitrogen and oxygen atoms in total. The number of carbonyl (C=O) groups is 1. The summed E-state index contributed by atoms with van der Waals surface area (Å²) in [5, 5.41) is 59.9. The van der Waals surface area contributed by atoms with E-state index in [2.05, 4.69) is 35.2 Å². The fourth-order valence-electron chi connectivity index (χ4n) is 5.01. The summed E-state index contributed by atoms with van der Waals surface area (Å²) < 4.78 is 13.1. The minimum Gasteiger partial charge on any atom is -0.504 e. The number of aryl methyl sites for hydroxylation is 1. The van der Waals surface area contributed by atoms with Crippen molar-refractivity contribution in [1.29, 1.82) is 0 Å². The molecule has 4 heterocycles. The summed E-state index contributed by atoms with van der Waals surface area (Å²) in [5.74, 6) is -3.31. The van der Waals surface area contributed by atoms with Crippen LogP contribution in [0.5, 0.6) is 11.8 Å². The Hall–Kier alpha value is -4.71. The van der Waals surface area contributed by atoms with Crippen LogP contribution in [0.4, 0.5) is 10.6 Å². The second kappa shape index (κ2) is 11.4. The monoisotopic (exact) mass is 609 g/mol. The van der Waals surface area contributed by atoms with Crippen molar-refractivity contribution in [2.75, 3.05) is 11.5 Å². The van der Waals surface area contributed by atoms with Gasteiger partial charge in [0.15, 0.2) is 11.6 Å². The number of hydrogen-bond acceptors (Lipinski definition) is 14. The van der Waals surface area contributed by atoms with Gasteiger partial charge in [-0.3, -0.25) is 19.7 Å². The molecule has 6 N–H and O–H groups in total. The van der Waals surface area contributed by atoms with Crippen molar-refractivity contribution in [1.82, 2.24) is 39.9 Å². The highest BCUT2D eigenvalue weighted by Gasteiger charge is 2.43. The highest BCUT2D eigenvalue weighted by Crippen LogP contribution is 2.36. The average molecular weight is 610 g/mol. The van der Waals surface area contributed by atoms with Crippen LogP contribution in [0, 0.1) is 0 Å². The first kappa shape index (κ1) is 29.4. The molecule has 0 aromatic carbocycles. The van der Waals surface area contributed by atoms with Crippen LogP contribution < -0.4 is 9.64 Å². The van der Waals surface area contributed by atoms with Gasteiger partial charge in [-0.1, -0.05) is 0 Å². The fraction of sp³-hybridized carbons (Fsp3) is 0.444. The van der Waals surface area contributed by atoms with E-state index in [1.807, 2.05) is 0 Å². The van der Waals surface area contributed by atoms with Crippen LogP contribution in [0.25, 0.3) is 22.6 Å². The number of H-pyrrole nitrogens is 1. The summed E-state index contributed by atoms with van der Waals surface area (Å²) in [6.07, 6.45) is 10.7. The fourth-order valence-corrected chi connectivity index (χ4v) is 5.01. The number of nitrogens with one attached hydrogen (secondary N) is 1. The average Bonchev–Trinajstić information content (AvgIpc) is 3.33. The number of aromatic nitrogens is 8. The number of carbonyl (C=O) groups excluding carboxylic acids is 1. The molecule has 4 aromatic rings. The molecule has 2 aliphatic carbocycles. The molecule has 0 atom stereocenters. The van der Waals surface area contributed by atoms with Crippen molar-refractivity contribution >= 4 is 11.9 Å². The number of anilines is 1. The quantitative estimate of drug-likeness (QED) is 0.143. The molecular weight excluding hydrogens is 578 g/mol.